The van der Waals surface area contributed by atoms with E-state index in [9.17, 15) is 19.2 Å². The second-order valence-electron chi connectivity index (χ2n) is 19.2. The number of hydrogen-bond donors (Lipinski definition) is 1. The van der Waals surface area contributed by atoms with E-state index in [0.29, 0.717) is 60.0 Å². The van der Waals surface area contributed by atoms with E-state index in [1.807, 2.05) is 96.4 Å². The molecule has 10 nitrogen and oxygen atoms in total. The topological polar surface area (TPSA) is 114 Å². The first-order valence-electron chi connectivity index (χ1n) is 24.1. The van der Waals surface area contributed by atoms with Crippen LogP contribution in [0.5, 0.6) is 17.2 Å². The number of fused-ring (bicyclic) bond motifs is 8. The van der Waals surface area contributed by atoms with Gasteiger partial charge in [0.2, 0.25) is 5.91 Å². The number of ketones is 1. The fraction of sp³-hybridized carbons (Fsp3) is 0.393. The number of rotatable bonds is 18. The van der Waals surface area contributed by atoms with Gasteiger partial charge >= 0.3 is 0 Å². The van der Waals surface area contributed by atoms with E-state index >= 15 is 0 Å². The van der Waals surface area contributed by atoms with Crippen LogP contribution in [0.2, 0.25) is 0 Å². The molecule has 0 fully saturated rings. The number of nitrogens with zero attached hydrogens (tertiary/aromatic N) is 2. The van der Waals surface area contributed by atoms with Gasteiger partial charge in [-0.1, -0.05) is 64.9 Å². The molecule has 0 unspecified atom stereocenters. The Labute approximate surface area is 408 Å². The molecule has 0 spiro atoms. The number of carbonyl (C=O) groups excluding carboxylic acids is 4. The van der Waals surface area contributed by atoms with Crippen LogP contribution in [0.25, 0.3) is 0 Å². The molecule has 354 valence electrons. The minimum atomic E-state index is -0.138. The van der Waals surface area contributed by atoms with E-state index in [0.717, 1.165) is 95.5 Å². The molecule has 0 radical (unpaired) electrons. The third-order valence-electron chi connectivity index (χ3n) is 13.8. The normalized spacial score (nSPS) is 17.0. The number of para-hydroxylation sites is 2. The maximum Gasteiger partial charge on any atom is 0.258 e. The van der Waals surface area contributed by atoms with Gasteiger partial charge in [-0.05, 0) is 166 Å². The SMILES string of the molecule is CCC(=O)CCCSSC(C)(C)CCC(=O)Nc1cc(COc2cc3c(cc2C)C(=O)N2c4ccccc4C[C@H]2CC3)cc(COc2cc3c(cc2OC)C(=O)N2c4ccccc4C[C@H]2CC3)c1. The standard InChI is InChI=1S/C56H61N3O7S2/c1-6-45(60)14-11-23-67-68-56(3,4)22-21-53(61)57-42-26-36(33-65-50-30-38-17-19-43-28-40-12-7-9-15-48(40)58(43)54(62)46(38)24-35(50)2)25-37(27-42)34-66-52-31-39-18-20-44-29-41-13-8-10-16-49(41)59(44)55(63)47(39)32-51(52)64-5/h7-10,12-13,15-16,24-27,30-32,43-44H,6,11,14,17-23,28-29,33-34H2,1-5H3,(H,57,61)/t43-,44-/m1/s1. The predicted octanol–water partition coefficient (Wildman–Crippen LogP) is 11.8. The molecule has 0 saturated carbocycles. The van der Waals surface area contributed by atoms with Crippen LogP contribution in [0.1, 0.15) is 125 Å². The van der Waals surface area contributed by atoms with Crippen molar-refractivity contribution in [2.45, 2.75) is 128 Å². The summed E-state index contributed by atoms with van der Waals surface area (Å²) in [7, 11) is 5.12. The number of carbonyl (C=O) groups is 4. The summed E-state index contributed by atoms with van der Waals surface area (Å²) in [6.45, 7) is 8.59. The Hall–Kier alpha value is -5.72. The highest BCUT2D eigenvalue weighted by molar-refractivity contribution is 8.77. The molecule has 4 heterocycles. The van der Waals surface area contributed by atoms with E-state index in [1.165, 1.54) is 11.1 Å². The van der Waals surface area contributed by atoms with Crippen LogP contribution in [0.15, 0.2) is 91.0 Å². The Bertz CT molecular complexity index is 2750. The Morgan fingerprint density at radius 2 is 1.29 bits per heavy atom. The molecule has 0 saturated heterocycles. The van der Waals surface area contributed by atoms with Crippen molar-refractivity contribution < 1.29 is 33.4 Å². The van der Waals surface area contributed by atoms with Crippen LogP contribution in [-0.2, 0) is 48.5 Å². The average molecular weight is 952 g/mol. The molecule has 68 heavy (non-hydrogen) atoms. The van der Waals surface area contributed by atoms with Crippen molar-refractivity contribution in [2.75, 3.05) is 28.0 Å². The van der Waals surface area contributed by atoms with Gasteiger partial charge in [-0.25, -0.2) is 0 Å². The molecule has 12 heteroatoms. The van der Waals surface area contributed by atoms with Crippen molar-refractivity contribution in [1.82, 2.24) is 0 Å². The highest BCUT2D eigenvalue weighted by Crippen LogP contribution is 2.43. The molecule has 3 amide bonds. The monoisotopic (exact) mass is 951 g/mol. The number of aryl methyl sites for hydroxylation is 3. The van der Waals surface area contributed by atoms with Crippen molar-refractivity contribution in [2.24, 2.45) is 0 Å². The molecule has 2 atom stereocenters. The molecular weight excluding hydrogens is 891 g/mol. The van der Waals surface area contributed by atoms with Crippen LogP contribution in [-0.4, -0.2) is 53.2 Å². The van der Waals surface area contributed by atoms with Crippen molar-refractivity contribution in [3.8, 4) is 17.2 Å². The lowest BCUT2D eigenvalue weighted by Crippen LogP contribution is -2.36. The highest BCUT2D eigenvalue weighted by Gasteiger charge is 2.39. The second kappa shape index (κ2) is 20.5. The minimum Gasteiger partial charge on any atom is -0.493 e. The van der Waals surface area contributed by atoms with Crippen molar-refractivity contribution in [3.63, 3.8) is 0 Å². The molecule has 4 aliphatic rings. The number of ether oxygens (including phenoxy) is 3. The van der Waals surface area contributed by atoms with Gasteiger partial charge in [0.1, 0.15) is 24.7 Å². The number of nitrogens with one attached hydrogen (secondary N) is 1. The predicted molar refractivity (Wildman–Crippen MR) is 274 cm³/mol. The Morgan fingerprint density at radius 3 is 1.90 bits per heavy atom. The Morgan fingerprint density at radius 1 is 0.721 bits per heavy atom. The van der Waals surface area contributed by atoms with Gasteiger partial charge < -0.3 is 29.3 Å². The summed E-state index contributed by atoms with van der Waals surface area (Å²) in [5.41, 5.74) is 10.9. The summed E-state index contributed by atoms with van der Waals surface area (Å²) in [6, 6.07) is 30.3. The van der Waals surface area contributed by atoms with Crippen LogP contribution in [0.3, 0.4) is 0 Å². The maximum atomic E-state index is 14.1. The van der Waals surface area contributed by atoms with Crippen LogP contribution in [0, 0.1) is 6.92 Å². The third kappa shape index (κ3) is 10.3. The van der Waals surface area contributed by atoms with Crippen LogP contribution >= 0.6 is 21.6 Å². The number of hydrogen-bond acceptors (Lipinski definition) is 9. The molecule has 0 aromatic heterocycles. The summed E-state index contributed by atoms with van der Waals surface area (Å²) in [5, 5.41) is 3.17. The summed E-state index contributed by atoms with van der Waals surface area (Å²) < 4.78 is 18.8. The number of anilines is 3. The van der Waals surface area contributed by atoms with Crippen LogP contribution in [0.4, 0.5) is 17.1 Å². The fourth-order valence-corrected chi connectivity index (χ4v) is 12.8. The lowest BCUT2D eigenvalue weighted by molar-refractivity contribution is -0.119. The van der Waals surface area contributed by atoms with Gasteiger partial charge in [-0.3, -0.25) is 19.2 Å². The first-order chi connectivity index (χ1) is 32.9. The van der Waals surface area contributed by atoms with E-state index < -0.39 is 0 Å². The van der Waals surface area contributed by atoms with Gasteiger partial charge in [0.15, 0.2) is 11.5 Å². The molecule has 9 rings (SSSR count). The van der Waals surface area contributed by atoms with Crippen molar-refractivity contribution >= 4 is 62.2 Å². The van der Waals surface area contributed by atoms with Crippen molar-refractivity contribution in [3.05, 3.63) is 141 Å². The zero-order valence-electron chi connectivity index (χ0n) is 39.8. The number of Topliss-reactive ketones (excluding diaryl/α,β-unsaturated/α-hetero) is 1. The van der Waals surface area contributed by atoms with Gasteiger partial charge in [-0.2, -0.15) is 0 Å². The van der Waals surface area contributed by atoms with Gasteiger partial charge in [-0.15, -0.1) is 0 Å². The summed E-state index contributed by atoms with van der Waals surface area (Å²) in [6.07, 6.45) is 8.01. The maximum absolute atomic E-state index is 14.1. The zero-order valence-corrected chi connectivity index (χ0v) is 41.4. The van der Waals surface area contributed by atoms with Gasteiger partial charge in [0.25, 0.3) is 11.8 Å². The van der Waals surface area contributed by atoms with Crippen molar-refractivity contribution in [1.29, 1.82) is 0 Å². The quantitative estimate of drug-likeness (QED) is 0.0677. The van der Waals surface area contributed by atoms with Gasteiger partial charge in [0, 0.05) is 70.0 Å². The molecular formula is C56H61N3O7S2. The molecule has 5 aromatic rings. The fourth-order valence-electron chi connectivity index (χ4n) is 10.1. The summed E-state index contributed by atoms with van der Waals surface area (Å²) in [4.78, 5) is 57.5. The minimum absolute atomic E-state index is 0.0198. The zero-order chi connectivity index (χ0) is 47.5. The van der Waals surface area contributed by atoms with E-state index in [-0.39, 0.29) is 47.8 Å². The molecule has 5 aromatic carbocycles. The number of amides is 3. The van der Waals surface area contributed by atoms with Gasteiger partial charge in [0.05, 0.1) is 7.11 Å². The van der Waals surface area contributed by atoms with E-state index in [2.05, 4.69) is 37.4 Å². The molecule has 0 aliphatic carbocycles. The smallest absolute Gasteiger partial charge is 0.258 e. The molecule has 0 bridgehead atoms. The first-order valence-corrected chi connectivity index (χ1v) is 26.4. The number of methoxy groups -OCH3 is 1. The summed E-state index contributed by atoms with van der Waals surface area (Å²) >= 11 is 0. The lowest BCUT2D eigenvalue weighted by atomic mass is 9.98. The van der Waals surface area contributed by atoms with E-state index in [4.69, 9.17) is 14.2 Å². The Kier molecular flexibility index (Phi) is 14.3. The summed E-state index contributed by atoms with van der Waals surface area (Å²) in [5.74, 6) is 2.87. The molecule has 1 N–H and O–H groups in total. The number of benzene rings is 5. The average Bonchev–Trinajstić information content (AvgIpc) is 3.83. The largest absolute Gasteiger partial charge is 0.493 e. The van der Waals surface area contributed by atoms with E-state index in [1.54, 1.807) is 28.7 Å². The second-order valence-corrected chi connectivity index (χ2v) is 22.3. The highest BCUT2D eigenvalue weighted by atomic mass is 33.1. The van der Waals surface area contributed by atoms with Crippen LogP contribution < -0.4 is 29.3 Å². The third-order valence-corrected chi connectivity index (χ3v) is 17.2. The Balaban J connectivity index is 0.921. The first kappa shape index (κ1) is 47.4. The lowest BCUT2D eigenvalue weighted by Gasteiger charge is -2.23. The molecule has 4 aliphatic heterocycles.